The van der Waals surface area contributed by atoms with Gasteiger partial charge in [-0.3, -0.25) is 0 Å². The van der Waals surface area contributed by atoms with Crippen LogP contribution in [0.5, 0.6) is 0 Å². The van der Waals surface area contributed by atoms with Gasteiger partial charge in [0.2, 0.25) is 0 Å². The maximum Gasteiger partial charge on any atom is 0.183 e. The average molecular weight is 301 g/mol. The Labute approximate surface area is 106 Å². The minimum absolute atomic E-state index is 0.227. The van der Waals surface area contributed by atoms with Gasteiger partial charge >= 0.3 is 0 Å². The Balaban J connectivity index is 2.07. The summed E-state index contributed by atoms with van der Waals surface area (Å²) in [6, 6.07) is 4.65. The zero-order valence-corrected chi connectivity index (χ0v) is 11.0. The predicted molar refractivity (Wildman–Crippen MR) is 68.3 cm³/mol. The molecule has 2 nitrogen and oxygen atoms in total. The Morgan fingerprint density at radius 3 is 3.00 bits per heavy atom. The number of nitrogens with one attached hydrogen (secondary N) is 1. The molecule has 0 spiro atoms. The molecule has 84 valence electrons. The van der Waals surface area contributed by atoms with Crippen LogP contribution in [0.3, 0.4) is 0 Å². The Kier molecular flexibility index (Phi) is 3.56. The summed E-state index contributed by atoms with van der Waals surface area (Å²) in [6.45, 7) is 2.56. The number of benzene rings is 1. The molecule has 0 fully saturated rings. The normalized spacial score (nSPS) is 10.4. The fourth-order valence-electron chi connectivity index (χ4n) is 1.29. The SMILES string of the molecule is Cc1cnc(NCc2cc(F)ccc2Br)s1. The molecule has 0 saturated carbocycles. The molecule has 1 aromatic carbocycles. The third kappa shape index (κ3) is 2.80. The Morgan fingerprint density at radius 1 is 1.50 bits per heavy atom. The lowest BCUT2D eigenvalue weighted by molar-refractivity contribution is 0.625. The van der Waals surface area contributed by atoms with E-state index in [-0.39, 0.29) is 5.82 Å². The highest BCUT2D eigenvalue weighted by Crippen LogP contribution is 2.21. The molecule has 0 amide bonds. The van der Waals surface area contributed by atoms with E-state index >= 15 is 0 Å². The number of nitrogens with zero attached hydrogens (tertiary/aromatic N) is 1. The molecule has 1 heterocycles. The molecule has 1 aromatic heterocycles. The molecule has 0 saturated heterocycles. The van der Waals surface area contributed by atoms with E-state index in [1.807, 2.05) is 13.1 Å². The quantitative estimate of drug-likeness (QED) is 0.928. The van der Waals surface area contributed by atoms with Gasteiger partial charge in [0.05, 0.1) is 0 Å². The number of rotatable bonds is 3. The van der Waals surface area contributed by atoms with Crippen LogP contribution in [0.1, 0.15) is 10.4 Å². The number of anilines is 1. The van der Waals surface area contributed by atoms with Crippen LogP contribution in [0.25, 0.3) is 0 Å². The summed E-state index contributed by atoms with van der Waals surface area (Å²) in [5.41, 5.74) is 0.882. The van der Waals surface area contributed by atoms with E-state index < -0.39 is 0 Å². The van der Waals surface area contributed by atoms with Crippen molar-refractivity contribution in [2.45, 2.75) is 13.5 Å². The molecule has 0 aliphatic rings. The van der Waals surface area contributed by atoms with Crippen LogP contribution in [0.15, 0.2) is 28.9 Å². The summed E-state index contributed by atoms with van der Waals surface area (Å²) in [7, 11) is 0. The molecular weight excluding hydrogens is 291 g/mol. The topological polar surface area (TPSA) is 24.9 Å². The molecule has 2 rings (SSSR count). The smallest absolute Gasteiger partial charge is 0.183 e. The van der Waals surface area contributed by atoms with Crippen LogP contribution in [-0.2, 0) is 6.54 Å². The summed E-state index contributed by atoms with van der Waals surface area (Å²) < 4.78 is 13.9. The molecule has 0 unspecified atom stereocenters. The molecule has 0 atom stereocenters. The standard InChI is InChI=1S/C11H10BrFN2S/c1-7-5-14-11(16-7)15-6-8-4-9(13)2-3-10(8)12/h2-5H,6H2,1H3,(H,14,15). The van der Waals surface area contributed by atoms with E-state index in [1.165, 1.54) is 12.1 Å². The molecule has 0 aliphatic heterocycles. The minimum atomic E-state index is -0.227. The van der Waals surface area contributed by atoms with Crippen molar-refractivity contribution in [3.05, 3.63) is 45.1 Å². The molecule has 16 heavy (non-hydrogen) atoms. The van der Waals surface area contributed by atoms with Crippen molar-refractivity contribution < 1.29 is 4.39 Å². The van der Waals surface area contributed by atoms with E-state index in [1.54, 1.807) is 17.4 Å². The summed E-state index contributed by atoms with van der Waals surface area (Å²) in [5.74, 6) is -0.227. The Morgan fingerprint density at radius 2 is 2.31 bits per heavy atom. The maximum atomic E-state index is 13.0. The average Bonchev–Trinajstić information content (AvgIpc) is 2.66. The highest BCUT2D eigenvalue weighted by atomic mass is 79.9. The highest BCUT2D eigenvalue weighted by Gasteiger charge is 2.03. The lowest BCUT2D eigenvalue weighted by Crippen LogP contribution is -2.00. The zero-order valence-electron chi connectivity index (χ0n) is 8.63. The molecule has 0 aliphatic carbocycles. The van der Waals surface area contributed by atoms with Gasteiger partial charge in [-0.15, -0.1) is 11.3 Å². The van der Waals surface area contributed by atoms with Crippen LogP contribution < -0.4 is 5.32 Å². The lowest BCUT2D eigenvalue weighted by atomic mass is 10.2. The van der Waals surface area contributed by atoms with Gasteiger partial charge in [0, 0.05) is 22.1 Å². The number of thiazole rings is 1. The first kappa shape index (κ1) is 11.5. The van der Waals surface area contributed by atoms with Crippen LogP contribution in [-0.4, -0.2) is 4.98 Å². The van der Waals surface area contributed by atoms with E-state index in [4.69, 9.17) is 0 Å². The van der Waals surface area contributed by atoms with Crippen molar-refractivity contribution in [1.82, 2.24) is 4.98 Å². The second-order valence-electron chi connectivity index (χ2n) is 3.37. The van der Waals surface area contributed by atoms with E-state index in [9.17, 15) is 4.39 Å². The second-order valence-corrected chi connectivity index (χ2v) is 5.45. The number of hydrogen-bond acceptors (Lipinski definition) is 3. The van der Waals surface area contributed by atoms with Crippen LogP contribution in [0, 0.1) is 12.7 Å². The fraction of sp³-hybridized carbons (Fsp3) is 0.182. The number of hydrogen-bond donors (Lipinski definition) is 1. The van der Waals surface area contributed by atoms with Gasteiger partial charge in [-0.1, -0.05) is 15.9 Å². The number of halogens is 2. The number of aryl methyl sites for hydroxylation is 1. The van der Waals surface area contributed by atoms with Crippen molar-refractivity contribution in [3.8, 4) is 0 Å². The van der Waals surface area contributed by atoms with Gasteiger partial charge in [0.1, 0.15) is 5.82 Å². The minimum Gasteiger partial charge on any atom is -0.357 e. The zero-order chi connectivity index (χ0) is 11.5. The number of aromatic nitrogens is 1. The van der Waals surface area contributed by atoms with Crippen molar-refractivity contribution in [2.75, 3.05) is 5.32 Å². The molecule has 1 N–H and O–H groups in total. The summed E-state index contributed by atoms with van der Waals surface area (Å²) in [4.78, 5) is 5.33. The molecule has 0 radical (unpaired) electrons. The van der Waals surface area contributed by atoms with Gasteiger partial charge in [0.15, 0.2) is 5.13 Å². The van der Waals surface area contributed by atoms with E-state index in [0.29, 0.717) is 6.54 Å². The van der Waals surface area contributed by atoms with E-state index in [2.05, 4.69) is 26.2 Å². The molecular formula is C11H10BrFN2S. The Hall–Kier alpha value is -0.940. The molecule has 5 heteroatoms. The molecule has 2 aromatic rings. The third-order valence-electron chi connectivity index (χ3n) is 2.06. The highest BCUT2D eigenvalue weighted by molar-refractivity contribution is 9.10. The first-order chi connectivity index (χ1) is 7.65. The largest absolute Gasteiger partial charge is 0.357 e. The first-order valence-corrected chi connectivity index (χ1v) is 6.36. The van der Waals surface area contributed by atoms with Gasteiger partial charge in [-0.2, -0.15) is 0 Å². The van der Waals surface area contributed by atoms with Gasteiger partial charge in [-0.25, -0.2) is 9.37 Å². The van der Waals surface area contributed by atoms with Gasteiger partial charge < -0.3 is 5.32 Å². The monoisotopic (exact) mass is 300 g/mol. The molecule has 0 bridgehead atoms. The predicted octanol–water partition coefficient (Wildman–Crippen LogP) is 3.97. The first-order valence-electron chi connectivity index (χ1n) is 4.75. The van der Waals surface area contributed by atoms with Crippen LogP contribution >= 0.6 is 27.3 Å². The maximum absolute atomic E-state index is 13.0. The second kappa shape index (κ2) is 4.93. The summed E-state index contributed by atoms with van der Waals surface area (Å²) in [6.07, 6.45) is 1.81. The van der Waals surface area contributed by atoms with Crippen LogP contribution in [0.4, 0.5) is 9.52 Å². The van der Waals surface area contributed by atoms with Crippen molar-refractivity contribution >= 4 is 32.4 Å². The Bertz CT molecular complexity index is 498. The van der Waals surface area contributed by atoms with Gasteiger partial charge in [0.25, 0.3) is 0 Å². The van der Waals surface area contributed by atoms with Crippen molar-refractivity contribution in [3.63, 3.8) is 0 Å². The lowest BCUT2D eigenvalue weighted by Gasteiger charge is -2.05. The third-order valence-corrected chi connectivity index (χ3v) is 3.70. The van der Waals surface area contributed by atoms with Crippen molar-refractivity contribution in [1.29, 1.82) is 0 Å². The van der Waals surface area contributed by atoms with E-state index in [0.717, 1.165) is 20.0 Å². The van der Waals surface area contributed by atoms with Crippen molar-refractivity contribution in [2.24, 2.45) is 0 Å². The summed E-state index contributed by atoms with van der Waals surface area (Å²) >= 11 is 4.97. The van der Waals surface area contributed by atoms with Crippen LogP contribution in [0.2, 0.25) is 0 Å². The van der Waals surface area contributed by atoms with Gasteiger partial charge in [-0.05, 0) is 30.7 Å². The fourth-order valence-corrected chi connectivity index (χ4v) is 2.33. The summed E-state index contributed by atoms with van der Waals surface area (Å²) in [5, 5.41) is 4.02.